The van der Waals surface area contributed by atoms with Crippen molar-refractivity contribution in [3.8, 4) is 17.1 Å². The monoisotopic (exact) mass is 506 g/mol. The Morgan fingerprint density at radius 3 is 2.48 bits per heavy atom. The number of anilines is 1. The second-order valence-corrected chi connectivity index (χ2v) is 8.19. The molecule has 1 aliphatic rings. The lowest BCUT2D eigenvalue weighted by Crippen LogP contribution is -2.44. The molecule has 1 fully saturated rings. The van der Waals surface area contributed by atoms with Crippen molar-refractivity contribution >= 4 is 52.9 Å². The third-order valence-corrected chi connectivity index (χ3v) is 5.86. The first-order chi connectivity index (χ1) is 15.2. The summed E-state index contributed by atoms with van der Waals surface area (Å²) < 4.78 is 11.3. The smallest absolute Gasteiger partial charge is 0.264 e. The molecule has 1 aliphatic heterocycles. The normalized spacial score (nSPS) is 13.9. The van der Waals surface area contributed by atoms with Gasteiger partial charge in [-0.15, -0.1) is 24.8 Å². The number of halogens is 3. The SMILES string of the molecule is CN1CCN(c2cccc3ccc(OCc4nc(-c5ccc(Cl)cc5)no4)cc23)CC1.Cl.Cl. The third-order valence-electron chi connectivity index (χ3n) is 5.61. The standard InChI is InChI=1S/C24H23ClN4O2.2ClH/c1-28-11-13-29(14-12-28)22-4-2-3-17-7-10-20(15-21(17)22)30-16-23-26-24(27-31-23)18-5-8-19(25)9-6-18;;/h2-10,15H,11-14,16H2,1H3;2*1H. The number of hydrogen-bond acceptors (Lipinski definition) is 6. The molecule has 0 unspecified atom stereocenters. The molecule has 5 rings (SSSR count). The van der Waals surface area contributed by atoms with Crippen LogP contribution < -0.4 is 9.64 Å². The molecule has 0 spiro atoms. The number of fused-ring (bicyclic) bond motifs is 1. The van der Waals surface area contributed by atoms with Gasteiger partial charge in [0.1, 0.15) is 5.75 Å². The molecule has 0 saturated carbocycles. The van der Waals surface area contributed by atoms with Crippen molar-refractivity contribution < 1.29 is 9.26 Å². The molecule has 6 nitrogen and oxygen atoms in total. The predicted molar refractivity (Wildman–Crippen MR) is 137 cm³/mol. The van der Waals surface area contributed by atoms with Crippen LogP contribution in [0.1, 0.15) is 5.89 Å². The van der Waals surface area contributed by atoms with Crippen molar-refractivity contribution in [3.63, 3.8) is 0 Å². The predicted octanol–water partition coefficient (Wildman–Crippen LogP) is 5.72. The highest BCUT2D eigenvalue weighted by Gasteiger charge is 2.17. The Labute approximate surface area is 210 Å². The number of likely N-dealkylation sites (N-methyl/N-ethyl adjacent to an activating group) is 1. The molecule has 0 aliphatic carbocycles. The molecule has 1 saturated heterocycles. The number of hydrogen-bond donors (Lipinski definition) is 0. The zero-order chi connectivity index (χ0) is 21.2. The van der Waals surface area contributed by atoms with E-state index in [-0.39, 0.29) is 31.4 Å². The maximum absolute atomic E-state index is 5.98. The summed E-state index contributed by atoms with van der Waals surface area (Å²) in [5.41, 5.74) is 2.10. The Morgan fingerprint density at radius 1 is 0.970 bits per heavy atom. The Bertz CT molecular complexity index is 1190. The van der Waals surface area contributed by atoms with Crippen LogP contribution in [0.2, 0.25) is 5.02 Å². The highest BCUT2D eigenvalue weighted by atomic mass is 35.5. The summed E-state index contributed by atoms with van der Waals surface area (Å²) in [6.45, 7) is 4.40. The van der Waals surface area contributed by atoms with Crippen LogP contribution in [0.4, 0.5) is 5.69 Å². The van der Waals surface area contributed by atoms with Crippen molar-refractivity contribution in [2.24, 2.45) is 0 Å². The van der Waals surface area contributed by atoms with E-state index >= 15 is 0 Å². The van der Waals surface area contributed by atoms with E-state index in [1.54, 1.807) is 12.1 Å². The zero-order valence-corrected chi connectivity index (χ0v) is 20.5. The molecule has 33 heavy (non-hydrogen) atoms. The zero-order valence-electron chi connectivity index (χ0n) is 18.1. The van der Waals surface area contributed by atoms with Crippen LogP contribution in [0.5, 0.6) is 5.75 Å². The highest BCUT2D eigenvalue weighted by molar-refractivity contribution is 6.30. The number of piperazine rings is 1. The summed E-state index contributed by atoms with van der Waals surface area (Å²) >= 11 is 5.94. The van der Waals surface area contributed by atoms with E-state index < -0.39 is 0 Å². The summed E-state index contributed by atoms with van der Waals surface area (Å²) in [7, 11) is 2.17. The lowest BCUT2D eigenvalue weighted by molar-refractivity contribution is 0.243. The van der Waals surface area contributed by atoms with Gasteiger partial charge >= 0.3 is 0 Å². The molecule has 4 aromatic rings. The van der Waals surface area contributed by atoms with E-state index in [2.05, 4.69) is 57.3 Å². The molecule has 174 valence electrons. The Kier molecular flexibility index (Phi) is 8.43. The van der Waals surface area contributed by atoms with E-state index in [0.717, 1.165) is 37.5 Å². The molecule has 0 bridgehead atoms. The first kappa shape index (κ1) is 25.1. The lowest BCUT2D eigenvalue weighted by atomic mass is 10.1. The molecule has 0 atom stereocenters. The average Bonchev–Trinajstić information content (AvgIpc) is 3.27. The molecule has 0 N–H and O–H groups in total. The van der Waals surface area contributed by atoms with Crippen LogP contribution >= 0.6 is 36.4 Å². The highest BCUT2D eigenvalue weighted by Crippen LogP contribution is 2.31. The van der Waals surface area contributed by atoms with Crippen molar-refractivity contribution in [1.82, 2.24) is 15.0 Å². The molecule has 1 aromatic heterocycles. The number of ether oxygens (including phenoxy) is 1. The van der Waals surface area contributed by atoms with Gasteiger partial charge in [0, 0.05) is 47.8 Å². The van der Waals surface area contributed by atoms with Gasteiger partial charge < -0.3 is 19.1 Å². The van der Waals surface area contributed by atoms with Gasteiger partial charge in [0.05, 0.1) is 0 Å². The fraction of sp³-hybridized carbons (Fsp3) is 0.250. The van der Waals surface area contributed by atoms with Gasteiger partial charge in [-0.3, -0.25) is 0 Å². The van der Waals surface area contributed by atoms with Crippen LogP contribution in [0, 0.1) is 0 Å². The molecular weight excluding hydrogens is 483 g/mol. The van der Waals surface area contributed by atoms with E-state index in [1.165, 1.54) is 16.5 Å². The summed E-state index contributed by atoms with van der Waals surface area (Å²) in [5.74, 6) is 1.73. The van der Waals surface area contributed by atoms with Gasteiger partial charge in [-0.25, -0.2) is 0 Å². The Balaban J connectivity index is 0.00000153. The largest absolute Gasteiger partial charge is 0.484 e. The van der Waals surface area contributed by atoms with Crippen LogP contribution in [-0.2, 0) is 6.61 Å². The van der Waals surface area contributed by atoms with Gasteiger partial charge in [0.2, 0.25) is 5.82 Å². The number of benzene rings is 3. The maximum atomic E-state index is 5.98. The van der Waals surface area contributed by atoms with Crippen LogP contribution in [-0.4, -0.2) is 48.3 Å². The van der Waals surface area contributed by atoms with Crippen molar-refractivity contribution in [2.75, 3.05) is 38.1 Å². The summed E-state index contributed by atoms with van der Waals surface area (Å²) in [5, 5.41) is 7.10. The second kappa shape index (κ2) is 11.1. The third kappa shape index (κ3) is 5.71. The Hall–Kier alpha value is -2.51. The number of nitrogens with zero attached hydrogens (tertiary/aromatic N) is 4. The molecule has 3 aromatic carbocycles. The minimum Gasteiger partial charge on any atom is -0.484 e. The van der Waals surface area contributed by atoms with E-state index in [4.69, 9.17) is 20.9 Å². The fourth-order valence-corrected chi connectivity index (χ4v) is 3.95. The molecule has 9 heteroatoms. The van der Waals surface area contributed by atoms with Gasteiger partial charge in [-0.05, 0) is 54.9 Å². The lowest BCUT2D eigenvalue weighted by Gasteiger charge is -2.34. The molecular formula is C24H25Cl3N4O2. The average molecular weight is 508 g/mol. The fourth-order valence-electron chi connectivity index (χ4n) is 3.82. The topological polar surface area (TPSA) is 54.6 Å². The number of rotatable bonds is 5. The second-order valence-electron chi connectivity index (χ2n) is 7.76. The number of aromatic nitrogens is 2. The summed E-state index contributed by atoms with van der Waals surface area (Å²) in [6, 6.07) is 19.9. The first-order valence-electron chi connectivity index (χ1n) is 10.3. The van der Waals surface area contributed by atoms with Gasteiger partial charge in [0.15, 0.2) is 6.61 Å². The van der Waals surface area contributed by atoms with E-state index in [9.17, 15) is 0 Å². The van der Waals surface area contributed by atoms with Crippen LogP contribution in [0.3, 0.4) is 0 Å². The summed E-state index contributed by atoms with van der Waals surface area (Å²) in [6.07, 6.45) is 0. The van der Waals surface area contributed by atoms with E-state index in [0.29, 0.717) is 16.7 Å². The van der Waals surface area contributed by atoms with Crippen LogP contribution in [0.25, 0.3) is 22.2 Å². The first-order valence-corrected chi connectivity index (χ1v) is 10.7. The van der Waals surface area contributed by atoms with Crippen molar-refractivity contribution in [1.29, 1.82) is 0 Å². The molecule has 0 amide bonds. The minimum atomic E-state index is 0. The quantitative estimate of drug-likeness (QED) is 0.344. The Morgan fingerprint density at radius 2 is 1.73 bits per heavy atom. The van der Waals surface area contributed by atoms with E-state index in [1.807, 2.05) is 18.2 Å². The van der Waals surface area contributed by atoms with Crippen molar-refractivity contribution in [2.45, 2.75) is 6.61 Å². The van der Waals surface area contributed by atoms with Gasteiger partial charge in [-0.1, -0.05) is 35.0 Å². The van der Waals surface area contributed by atoms with Gasteiger partial charge in [-0.2, -0.15) is 4.98 Å². The molecule has 2 heterocycles. The van der Waals surface area contributed by atoms with Gasteiger partial charge in [0.25, 0.3) is 5.89 Å². The van der Waals surface area contributed by atoms with Crippen LogP contribution in [0.15, 0.2) is 65.2 Å². The summed E-state index contributed by atoms with van der Waals surface area (Å²) in [4.78, 5) is 9.23. The molecule has 0 radical (unpaired) electrons. The maximum Gasteiger partial charge on any atom is 0.264 e. The minimum absolute atomic E-state index is 0. The van der Waals surface area contributed by atoms with Crippen molar-refractivity contribution in [3.05, 3.63) is 71.6 Å².